The maximum atomic E-state index is 12.8. The molecule has 0 saturated carbocycles. The lowest BCUT2D eigenvalue weighted by Crippen LogP contribution is -2.31. The Balaban J connectivity index is 1.46. The van der Waals surface area contributed by atoms with Crippen molar-refractivity contribution in [2.75, 3.05) is 25.5 Å². The fourth-order valence-electron chi connectivity index (χ4n) is 3.73. The summed E-state index contributed by atoms with van der Waals surface area (Å²) >= 11 is 0. The Kier molecular flexibility index (Phi) is 5.25. The minimum atomic E-state index is -0.158. The number of nitrogens with one attached hydrogen (secondary N) is 1. The van der Waals surface area contributed by atoms with Gasteiger partial charge in [0.2, 0.25) is 0 Å². The Morgan fingerprint density at radius 1 is 1.07 bits per heavy atom. The molecule has 146 valence electrons. The third-order valence-corrected chi connectivity index (χ3v) is 5.22. The monoisotopic (exact) mass is 378 g/mol. The zero-order chi connectivity index (χ0) is 19.5. The Labute approximate surface area is 164 Å². The van der Waals surface area contributed by atoms with Crippen LogP contribution in [0, 0.1) is 0 Å². The zero-order valence-electron chi connectivity index (χ0n) is 16.4. The summed E-state index contributed by atoms with van der Waals surface area (Å²) in [7, 11) is 3.59. The molecule has 4 rings (SSSR count). The summed E-state index contributed by atoms with van der Waals surface area (Å²) in [5.74, 6) is 0. The number of urea groups is 1. The van der Waals surface area contributed by atoms with Crippen molar-refractivity contribution in [3.8, 4) is 0 Å². The van der Waals surface area contributed by atoms with Crippen molar-refractivity contribution in [3.63, 3.8) is 0 Å². The van der Waals surface area contributed by atoms with E-state index in [0.29, 0.717) is 17.7 Å². The number of carbonyl (C=O) groups is 1. The smallest absolute Gasteiger partial charge is 0.321 e. The quantitative estimate of drug-likeness (QED) is 0.740. The summed E-state index contributed by atoms with van der Waals surface area (Å²) in [4.78, 5) is 18.5. The molecule has 1 fully saturated rings. The van der Waals surface area contributed by atoms with E-state index in [0.717, 1.165) is 25.2 Å². The van der Waals surface area contributed by atoms with E-state index in [1.165, 1.54) is 28.8 Å². The molecule has 0 unspecified atom stereocenters. The molecule has 1 N–H and O–H groups in total. The van der Waals surface area contributed by atoms with Gasteiger partial charge >= 0.3 is 6.03 Å². The van der Waals surface area contributed by atoms with Crippen LogP contribution in [0.3, 0.4) is 0 Å². The van der Waals surface area contributed by atoms with Crippen LogP contribution >= 0.6 is 0 Å². The molecule has 0 aliphatic carbocycles. The number of rotatable bonds is 5. The summed E-state index contributed by atoms with van der Waals surface area (Å²) in [5.41, 5.74) is 4.61. The van der Waals surface area contributed by atoms with Crippen LogP contribution in [-0.2, 0) is 20.1 Å². The van der Waals surface area contributed by atoms with Crippen LogP contribution in [0.2, 0.25) is 0 Å². The molecular weight excluding hydrogens is 352 g/mol. The fourth-order valence-corrected chi connectivity index (χ4v) is 3.73. The number of anilines is 1. The van der Waals surface area contributed by atoms with E-state index in [2.05, 4.69) is 38.6 Å². The highest BCUT2D eigenvalue weighted by atomic mass is 16.2. The molecule has 7 heteroatoms. The molecule has 1 aromatic heterocycles. The number of hydrogen-bond donors (Lipinski definition) is 1. The van der Waals surface area contributed by atoms with Crippen LogP contribution in [-0.4, -0.2) is 51.0 Å². The van der Waals surface area contributed by atoms with Crippen LogP contribution in [0.5, 0.6) is 0 Å². The van der Waals surface area contributed by atoms with Gasteiger partial charge in [-0.05, 0) is 49.2 Å². The van der Waals surface area contributed by atoms with E-state index in [1.54, 1.807) is 11.9 Å². The van der Waals surface area contributed by atoms with Gasteiger partial charge in [-0.2, -0.15) is 15.0 Å². The van der Waals surface area contributed by atoms with Gasteiger partial charge in [0.1, 0.15) is 11.0 Å². The average Bonchev–Trinajstić information content (AvgIpc) is 3.32. The van der Waals surface area contributed by atoms with Crippen LogP contribution in [0.1, 0.15) is 24.0 Å². The lowest BCUT2D eigenvalue weighted by molar-refractivity contribution is 0.220. The number of benzene rings is 2. The number of aryl methyl sites for hydroxylation is 1. The topological polar surface area (TPSA) is 66.3 Å². The summed E-state index contributed by atoms with van der Waals surface area (Å²) < 4.78 is 0. The van der Waals surface area contributed by atoms with Gasteiger partial charge in [0.25, 0.3) is 0 Å². The molecule has 0 radical (unpaired) electrons. The van der Waals surface area contributed by atoms with E-state index in [-0.39, 0.29) is 6.03 Å². The first kappa shape index (κ1) is 18.4. The number of fused-ring (bicyclic) bond motifs is 1. The van der Waals surface area contributed by atoms with E-state index in [9.17, 15) is 4.79 Å². The molecule has 0 bridgehead atoms. The molecule has 2 heterocycles. The molecule has 0 spiro atoms. The minimum absolute atomic E-state index is 0.158. The van der Waals surface area contributed by atoms with Crippen molar-refractivity contribution in [2.45, 2.75) is 25.9 Å². The van der Waals surface area contributed by atoms with Crippen LogP contribution in [0.4, 0.5) is 10.5 Å². The molecule has 0 atom stereocenters. The van der Waals surface area contributed by atoms with Crippen LogP contribution in [0.15, 0.2) is 42.5 Å². The maximum Gasteiger partial charge on any atom is 0.321 e. The van der Waals surface area contributed by atoms with Gasteiger partial charge < -0.3 is 10.2 Å². The van der Waals surface area contributed by atoms with Gasteiger partial charge in [-0.1, -0.05) is 30.3 Å². The minimum Gasteiger partial charge on any atom is -0.323 e. The molecule has 2 aromatic carbocycles. The number of nitrogens with zero attached hydrogens (tertiary/aromatic N) is 5. The van der Waals surface area contributed by atoms with Crippen LogP contribution in [0.25, 0.3) is 11.0 Å². The molecule has 3 aromatic rings. The Bertz CT molecular complexity index is 976. The maximum absolute atomic E-state index is 12.8. The van der Waals surface area contributed by atoms with Crippen LogP contribution < -0.4 is 5.32 Å². The van der Waals surface area contributed by atoms with E-state index in [4.69, 9.17) is 0 Å². The number of aromatic nitrogens is 3. The first-order valence-corrected chi connectivity index (χ1v) is 9.71. The third-order valence-electron chi connectivity index (χ3n) is 5.22. The zero-order valence-corrected chi connectivity index (χ0v) is 16.4. The Hall–Kier alpha value is -2.93. The average molecular weight is 378 g/mol. The largest absolute Gasteiger partial charge is 0.323 e. The predicted molar refractivity (Wildman–Crippen MR) is 110 cm³/mol. The van der Waals surface area contributed by atoms with E-state index in [1.807, 2.05) is 31.3 Å². The fraction of sp³-hybridized carbons (Fsp3) is 0.381. The van der Waals surface area contributed by atoms with Gasteiger partial charge in [-0.15, -0.1) is 0 Å². The Morgan fingerprint density at radius 3 is 2.61 bits per heavy atom. The van der Waals surface area contributed by atoms with Gasteiger partial charge in [-0.3, -0.25) is 4.90 Å². The standard InChI is InChI=1S/C21H26N6O/c1-25(14-16-8-3-4-9-17(16)15-27-12-5-6-13-27)21(28)22-18-10-7-11-19-20(18)24-26(2)23-19/h3-4,7-11H,5-6,12-15H2,1-2H3,(H,22,28). The number of carbonyl (C=O) groups excluding carboxylic acids is 1. The molecular formula is C21H26N6O. The second kappa shape index (κ2) is 7.98. The molecule has 2 amide bonds. The number of likely N-dealkylation sites (tertiary alicyclic amines) is 1. The molecule has 1 aliphatic heterocycles. The molecule has 1 aliphatic rings. The highest BCUT2D eigenvalue weighted by Gasteiger charge is 2.17. The predicted octanol–water partition coefficient (Wildman–Crippen LogP) is 3.23. The second-order valence-electron chi connectivity index (χ2n) is 7.40. The molecule has 1 saturated heterocycles. The molecule has 7 nitrogen and oxygen atoms in total. The third kappa shape index (κ3) is 3.99. The van der Waals surface area contributed by atoms with Gasteiger partial charge in [0, 0.05) is 27.2 Å². The highest BCUT2D eigenvalue weighted by Crippen LogP contribution is 2.21. The van der Waals surface area contributed by atoms with Crippen molar-refractivity contribution in [1.29, 1.82) is 0 Å². The van der Waals surface area contributed by atoms with Gasteiger partial charge in [-0.25, -0.2) is 4.79 Å². The summed E-state index contributed by atoms with van der Waals surface area (Å²) in [6, 6.07) is 13.8. The second-order valence-corrected chi connectivity index (χ2v) is 7.40. The lowest BCUT2D eigenvalue weighted by atomic mass is 10.1. The SMILES string of the molecule is CN(Cc1ccccc1CN1CCCC1)C(=O)Nc1cccc2nn(C)nc12. The Morgan fingerprint density at radius 2 is 1.82 bits per heavy atom. The number of amides is 2. The lowest BCUT2D eigenvalue weighted by Gasteiger charge is -2.22. The van der Waals surface area contributed by atoms with Crippen molar-refractivity contribution in [3.05, 3.63) is 53.6 Å². The normalized spacial score (nSPS) is 14.5. The van der Waals surface area contributed by atoms with Crippen molar-refractivity contribution < 1.29 is 4.79 Å². The van der Waals surface area contributed by atoms with Crippen molar-refractivity contribution in [2.24, 2.45) is 7.05 Å². The summed E-state index contributed by atoms with van der Waals surface area (Å²) in [5, 5.41) is 11.6. The van der Waals surface area contributed by atoms with Crippen molar-refractivity contribution in [1.82, 2.24) is 24.8 Å². The van der Waals surface area contributed by atoms with Gasteiger partial charge in [0.15, 0.2) is 0 Å². The summed E-state index contributed by atoms with van der Waals surface area (Å²) in [6.07, 6.45) is 2.55. The molecule has 28 heavy (non-hydrogen) atoms. The first-order chi connectivity index (χ1) is 13.6. The summed E-state index contributed by atoms with van der Waals surface area (Å²) in [6.45, 7) is 3.83. The van der Waals surface area contributed by atoms with Gasteiger partial charge in [0.05, 0.1) is 5.69 Å². The van der Waals surface area contributed by atoms with Crippen molar-refractivity contribution >= 4 is 22.8 Å². The first-order valence-electron chi connectivity index (χ1n) is 9.71. The number of hydrogen-bond acceptors (Lipinski definition) is 4. The van der Waals surface area contributed by atoms with E-state index < -0.39 is 0 Å². The highest BCUT2D eigenvalue weighted by molar-refractivity contribution is 5.98. The van der Waals surface area contributed by atoms with E-state index >= 15 is 0 Å².